The molecule has 0 N–H and O–H groups in total. The lowest BCUT2D eigenvalue weighted by Crippen LogP contribution is -2.11. The zero-order chi connectivity index (χ0) is 5.86. The van der Waals surface area contributed by atoms with Gasteiger partial charge in [-0.2, -0.15) is 0 Å². The van der Waals surface area contributed by atoms with Gasteiger partial charge in [-0.3, -0.25) is 14.9 Å². The van der Waals surface area contributed by atoms with Gasteiger partial charge in [0.05, 0.1) is 0 Å². The van der Waals surface area contributed by atoms with E-state index in [0.29, 0.717) is 0 Å². The average Bonchev–Trinajstić information content (AvgIpc) is 1.65. The van der Waals surface area contributed by atoms with Crippen LogP contribution in [0, 0.1) is 10.1 Å². The van der Waals surface area contributed by atoms with Crippen molar-refractivity contribution in [2.75, 3.05) is 0 Å². The second kappa shape index (κ2) is 2.68. The van der Waals surface area contributed by atoms with Crippen LogP contribution in [0.15, 0.2) is 0 Å². The third-order valence-corrected chi connectivity index (χ3v) is 0.864. The maximum absolute atomic E-state index is 9.46. The molecule has 1 atom stereocenters. The summed E-state index contributed by atoms with van der Waals surface area (Å²) in [7, 11) is 0. The Balaban J connectivity index is 3.55. The minimum Gasteiger partial charge on any atom is -0.295 e. The quantitative estimate of drug-likeness (QED) is 0.194. The molecule has 1 unspecified atom stereocenters. The van der Waals surface area contributed by atoms with E-state index >= 15 is 0 Å². The fourth-order valence-electron chi connectivity index (χ4n) is 0.0497. The van der Waals surface area contributed by atoms with Crippen molar-refractivity contribution in [3.8, 4) is 0 Å². The number of hydrogen-bond acceptors (Lipinski definition) is 3. The van der Waals surface area contributed by atoms with Gasteiger partial charge in [-0.15, -0.1) is 0 Å². The monoisotopic (exact) mass is 167 g/mol. The van der Waals surface area contributed by atoms with Crippen LogP contribution in [0.3, 0.4) is 0 Å². The maximum Gasteiger partial charge on any atom is 0.320 e. The lowest BCUT2D eigenvalue weighted by atomic mass is 10.8. The molecule has 0 amide bonds. The molecule has 0 aromatic rings. The first-order valence-corrected chi connectivity index (χ1v) is 2.33. The maximum atomic E-state index is 9.46. The van der Waals surface area contributed by atoms with E-state index in [9.17, 15) is 14.9 Å². The van der Waals surface area contributed by atoms with Gasteiger partial charge in [0.25, 0.3) is 0 Å². The van der Waals surface area contributed by atoms with Crippen molar-refractivity contribution in [3.63, 3.8) is 0 Å². The van der Waals surface area contributed by atoms with Gasteiger partial charge >= 0.3 is 4.95 Å². The largest absolute Gasteiger partial charge is 0.320 e. The van der Waals surface area contributed by atoms with Crippen LogP contribution >= 0.6 is 15.9 Å². The number of carbonyl (C=O) groups is 1. The standard InChI is InChI=1S/C2H2BrNO3/c3-2(1-5)4(6)7/h1-2H. The van der Waals surface area contributed by atoms with Crippen LogP contribution in [-0.4, -0.2) is 16.2 Å². The molecule has 0 aromatic carbocycles. The first-order chi connectivity index (χ1) is 3.18. The van der Waals surface area contributed by atoms with E-state index in [1.54, 1.807) is 0 Å². The topological polar surface area (TPSA) is 60.2 Å². The minimum absolute atomic E-state index is 0.208. The second-order valence-corrected chi connectivity index (χ2v) is 1.73. The van der Waals surface area contributed by atoms with E-state index in [0.717, 1.165) is 0 Å². The zero-order valence-electron chi connectivity index (χ0n) is 3.20. The molecule has 7 heavy (non-hydrogen) atoms. The highest BCUT2D eigenvalue weighted by molar-refractivity contribution is 9.09. The first kappa shape index (κ1) is 6.55. The summed E-state index contributed by atoms with van der Waals surface area (Å²) in [5, 5.41) is 9.46. The Morgan fingerprint density at radius 2 is 2.29 bits per heavy atom. The van der Waals surface area contributed by atoms with Gasteiger partial charge in [0, 0.05) is 20.9 Å². The summed E-state index contributed by atoms with van der Waals surface area (Å²) in [6.45, 7) is 0. The number of rotatable bonds is 2. The van der Waals surface area contributed by atoms with E-state index in [1.807, 2.05) is 0 Å². The van der Waals surface area contributed by atoms with Crippen LogP contribution in [-0.2, 0) is 4.79 Å². The van der Waals surface area contributed by atoms with E-state index in [4.69, 9.17) is 0 Å². The molecule has 5 heteroatoms. The van der Waals surface area contributed by atoms with Crippen LogP contribution in [0.25, 0.3) is 0 Å². The molecule has 0 spiro atoms. The third-order valence-electron chi connectivity index (χ3n) is 0.314. The fraction of sp³-hybridized carbons (Fsp3) is 0.500. The van der Waals surface area contributed by atoms with Gasteiger partial charge in [-0.1, -0.05) is 0 Å². The molecule has 0 fully saturated rings. The van der Waals surface area contributed by atoms with E-state index in [1.165, 1.54) is 0 Å². The number of aldehydes is 1. The number of halogens is 1. The van der Waals surface area contributed by atoms with Crippen LogP contribution < -0.4 is 0 Å². The predicted octanol–water partition coefficient (Wildman–Crippen LogP) is 0.183. The normalized spacial score (nSPS) is 12.7. The number of hydrogen-bond donors (Lipinski definition) is 0. The van der Waals surface area contributed by atoms with Crippen molar-refractivity contribution in [3.05, 3.63) is 10.1 Å². The van der Waals surface area contributed by atoms with Crippen molar-refractivity contribution in [2.24, 2.45) is 0 Å². The first-order valence-electron chi connectivity index (χ1n) is 1.41. The van der Waals surface area contributed by atoms with Crippen molar-refractivity contribution in [1.82, 2.24) is 0 Å². The van der Waals surface area contributed by atoms with Crippen LogP contribution in [0.1, 0.15) is 0 Å². The summed E-state index contributed by atoms with van der Waals surface area (Å²) in [5.41, 5.74) is 0. The molecule has 4 nitrogen and oxygen atoms in total. The SMILES string of the molecule is O=CC(Br)[N+](=O)[O-]. The highest BCUT2D eigenvalue weighted by Gasteiger charge is 2.10. The fourth-order valence-corrected chi connectivity index (χ4v) is 0.0497. The molecule has 0 rings (SSSR count). The molecule has 0 heterocycles. The van der Waals surface area contributed by atoms with Gasteiger partial charge in [0.15, 0.2) is 0 Å². The van der Waals surface area contributed by atoms with Crippen LogP contribution in [0.4, 0.5) is 0 Å². The number of nitro groups is 1. The van der Waals surface area contributed by atoms with Gasteiger partial charge in [-0.05, 0) is 0 Å². The predicted molar refractivity (Wildman–Crippen MR) is 25.8 cm³/mol. The Morgan fingerprint density at radius 3 is 2.29 bits per heavy atom. The van der Waals surface area contributed by atoms with Gasteiger partial charge in [-0.25, -0.2) is 0 Å². The van der Waals surface area contributed by atoms with Gasteiger partial charge in [0.2, 0.25) is 6.29 Å². The van der Waals surface area contributed by atoms with E-state index < -0.39 is 9.87 Å². The molecule has 0 aliphatic heterocycles. The Labute approximate surface area is 47.8 Å². The molecule has 0 radical (unpaired) electrons. The number of nitrogens with zero attached hydrogens (tertiary/aromatic N) is 1. The summed E-state index contributed by atoms with van der Waals surface area (Å²) in [4.78, 5) is 16.9. The van der Waals surface area contributed by atoms with Crippen molar-refractivity contribution in [1.29, 1.82) is 0 Å². The molecule has 0 aromatic heterocycles. The van der Waals surface area contributed by atoms with Crippen molar-refractivity contribution < 1.29 is 9.72 Å². The van der Waals surface area contributed by atoms with E-state index in [-0.39, 0.29) is 6.29 Å². The zero-order valence-corrected chi connectivity index (χ0v) is 4.79. The summed E-state index contributed by atoms with van der Waals surface area (Å²) in [5.74, 6) is 0. The Hall–Kier alpha value is -0.450. The van der Waals surface area contributed by atoms with Gasteiger partial charge < -0.3 is 0 Å². The molecule has 0 saturated carbocycles. The highest BCUT2D eigenvalue weighted by atomic mass is 79.9. The summed E-state index contributed by atoms with van der Waals surface area (Å²) < 4.78 is 0. The summed E-state index contributed by atoms with van der Waals surface area (Å²) in [6.07, 6.45) is 0.208. The molecule has 0 bridgehead atoms. The van der Waals surface area contributed by atoms with Crippen molar-refractivity contribution in [2.45, 2.75) is 4.95 Å². The Morgan fingerprint density at radius 1 is 1.86 bits per heavy atom. The average molecular weight is 168 g/mol. The molecule has 0 aliphatic rings. The molecular weight excluding hydrogens is 166 g/mol. The smallest absolute Gasteiger partial charge is 0.295 e. The lowest BCUT2D eigenvalue weighted by Gasteiger charge is -1.85. The highest BCUT2D eigenvalue weighted by Crippen LogP contribution is 1.92. The molecular formula is C2H2BrNO3. The van der Waals surface area contributed by atoms with Crippen LogP contribution in [0.5, 0.6) is 0 Å². The third kappa shape index (κ3) is 2.27. The van der Waals surface area contributed by atoms with Crippen LogP contribution in [0.2, 0.25) is 0 Å². The molecule has 0 saturated heterocycles. The molecule has 0 aliphatic carbocycles. The number of alkyl halides is 1. The number of carbonyl (C=O) groups excluding carboxylic acids is 1. The lowest BCUT2D eigenvalue weighted by molar-refractivity contribution is -0.477. The van der Waals surface area contributed by atoms with E-state index in [2.05, 4.69) is 15.9 Å². The Bertz CT molecular complexity index is 92.9. The van der Waals surface area contributed by atoms with Crippen molar-refractivity contribution >= 4 is 22.2 Å². The summed E-state index contributed by atoms with van der Waals surface area (Å²) in [6, 6.07) is 0. The Kier molecular flexibility index (Phi) is 2.51. The molecule has 40 valence electrons. The summed E-state index contributed by atoms with van der Waals surface area (Å²) >= 11 is 2.47. The van der Waals surface area contributed by atoms with Gasteiger partial charge in [0.1, 0.15) is 0 Å². The second-order valence-electron chi connectivity index (χ2n) is 0.794. The minimum atomic E-state index is -1.24.